The normalized spacial score (nSPS) is 32.2. The lowest BCUT2D eigenvalue weighted by Crippen LogP contribution is -2.56. The molecule has 0 atom stereocenters. The van der Waals surface area contributed by atoms with Crippen LogP contribution in [-0.4, -0.2) is 21.6 Å². The lowest BCUT2D eigenvalue weighted by molar-refractivity contribution is -0.148. The molecule has 2 amide bonds. The minimum atomic E-state index is -0.314. The molecule has 1 heterocycles. The quantitative estimate of drug-likeness (QED) is 0.645. The number of hydrazine groups is 1. The van der Waals surface area contributed by atoms with E-state index in [0.29, 0.717) is 17.8 Å². The highest BCUT2D eigenvalue weighted by Crippen LogP contribution is 2.59. The van der Waals surface area contributed by atoms with Gasteiger partial charge in [-0.1, -0.05) is 0 Å². The number of amides is 2. The molecule has 0 aliphatic heterocycles. The Morgan fingerprint density at radius 3 is 2.15 bits per heavy atom. The number of rotatable bonds is 3. The van der Waals surface area contributed by atoms with Gasteiger partial charge >= 0.3 is 0 Å². The van der Waals surface area contributed by atoms with E-state index in [4.69, 9.17) is 0 Å². The first-order chi connectivity index (χ1) is 12.4. The van der Waals surface area contributed by atoms with Crippen molar-refractivity contribution in [3.63, 3.8) is 0 Å². The number of carbonyl (C=O) groups excluding carboxylic acids is 2. The third kappa shape index (κ3) is 2.95. The van der Waals surface area contributed by atoms with E-state index in [1.54, 1.807) is 10.8 Å². The molecule has 4 saturated carbocycles. The fourth-order valence-corrected chi connectivity index (χ4v) is 5.87. The maximum absolute atomic E-state index is 12.8. The molecule has 26 heavy (non-hydrogen) atoms. The zero-order chi connectivity index (χ0) is 18.5. The molecule has 4 fully saturated rings. The fourth-order valence-electron chi connectivity index (χ4n) is 5.87. The van der Waals surface area contributed by atoms with Gasteiger partial charge in [-0.05, 0) is 76.2 Å². The van der Waals surface area contributed by atoms with Crippen molar-refractivity contribution < 1.29 is 9.59 Å². The van der Waals surface area contributed by atoms with Gasteiger partial charge in [0.1, 0.15) is 0 Å². The molecule has 0 spiro atoms. The summed E-state index contributed by atoms with van der Waals surface area (Å²) in [4.78, 5) is 25.0. The van der Waals surface area contributed by atoms with Crippen LogP contribution in [0.5, 0.6) is 0 Å². The summed E-state index contributed by atoms with van der Waals surface area (Å²) in [6.07, 6.45) is 10.1. The van der Waals surface area contributed by atoms with E-state index in [0.717, 1.165) is 36.2 Å². The van der Waals surface area contributed by atoms with Crippen LogP contribution in [-0.2, 0) is 16.6 Å². The standard InChI is InChI=1S/C20H28N4O2/c1-12-17(13(2)24(3)23-12)4-5-18(25)21-22-19(26)20-9-14-6-15(10-20)8-16(7-14)11-20/h4-5,14-16H,6-11H2,1-3H3,(H,21,25)(H,22,26)/b5-4+. The molecule has 4 aliphatic rings. The first kappa shape index (κ1) is 17.3. The Kier molecular flexibility index (Phi) is 4.16. The molecular formula is C20H28N4O2. The predicted molar refractivity (Wildman–Crippen MR) is 98.6 cm³/mol. The maximum Gasteiger partial charge on any atom is 0.262 e. The SMILES string of the molecule is Cc1nn(C)c(C)c1/C=C/C(=O)NNC(=O)C12CC3CC(CC(C3)C1)C2. The highest BCUT2D eigenvalue weighted by molar-refractivity contribution is 5.94. The summed E-state index contributed by atoms with van der Waals surface area (Å²) in [6, 6.07) is 0. The van der Waals surface area contributed by atoms with Crippen molar-refractivity contribution in [3.8, 4) is 0 Å². The molecular weight excluding hydrogens is 328 g/mol. The fraction of sp³-hybridized carbons (Fsp3) is 0.650. The van der Waals surface area contributed by atoms with Gasteiger partial charge in [-0.3, -0.25) is 25.1 Å². The molecule has 4 bridgehead atoms. The summed E-state index contributed by atoms with van der Waals surface area (Å²) in [6.45, 7) is 3.88. The Bertz CT molecular complexity index is 742. The van der Waals surface area contributed by atoms with Crippen LogP contribution in [0.15, 0.2) is 6.08 Å². The number of hydrogen-bond donors (Lipinski definition) is 2. The van der Waals surface area contributed by atoms with Crippen LogP contribution >= 0.6 is 0 Å². The average Bonchev–Trinajstić information content (AvgIpc) is 2.81. The summed E-state index contributed by atoms with van der Waals surface area (Å²) in [5.41, 5.74) is 7.85. The second-order valence-electron chi connectivity index (χ2n) is 8.68. The number of hydrogen-bond acceptors (Lipinski definition) is 3. The highest BCUT2D eigenvalue weighted by atomic mass is 16.2. The van der Waals surface area contributed by atoms with E-state index in [-0.39, 0.29) is 17.2 Å². The molecule has 2 N–H and O–H groups in total. The molecule has 6 nitrogen and oxygen atoms in total. The maximum atomic E-state index is 12.8. The van der Waals surface area contributed by atoms with Gasteiger partial charge in [0.05, 0.1) is 11.1 Å². The van der Waals surface area contributed by atoms with Crippen molar-refractivity contribution in [2.75, 3.05) is 0 Å². The van der Waals surface area contributed by atoms with Crippen molar-refractivity contribution in [2.24, 2.45) is 30.2 Å². The van der Waals surface area contributed by atoms with Gasteiger partial charge in [-0.15, -0.1) is 0 Å². The van der Waals surface area contributed by atoms with E-state index < -0.39 is 0 Å². The zero-order valence-electron chi connectivity index (χ0n) is 15.8. The topological polar surface area (TPSA) is 76.0 Å². The highest BCUT2D eigenvalue weighted by Gasteiger charge is 2.54. The molecule has 0 aromatic carbocycles. The average molecular weight is 356 g/mol. The third-order valence-electron chi connectivity index (χ3n) is 6.79. The van der Waals surface area contributed by atoms with Gasteiger partial charge in [-0.2, -0.15) is 5.10 Å². The van der Waals surface area contributed by atoms with Crippen molar-refractivity contribution in [3.05, 3.63) is 23.0 Å². The molecule has 0 radical (unpaired) electrons. The van der Waals surface area contributed by atoms with E-state index in [1.165, 1.54) is 25.3 Å². The smallest absolute Gasteiger partial charge is 0.262 e. The first-order valence-electron chi connectivity index (χ1n) is 9.65. The molecule has 140 valence electrons. The second kappa shape index (κ2) is 6.25. The first-order valence-corrected chi connectivity index (χ1v) is 9.65. The zero-order valence-corrected chi connectivity index (χ0v) is 15.8. The molecule has 1 aromatic rings. The molecule has 1 aromatic heterocycles. The van der Waals surface area contributed by atoms with Crippen LogP contribution in [0.1, 0.15) is 55.5 Å². The van der Waals surface area contributed by atoms with E-state index in [1.807, 2.05) is 20.9 Å². The molecule has 0 unspecified atom stereocenters. The largest absolute Gasteiger partial charge is 0.273 e. The second-order valence-corrected chi connectivity index (χ2v) is 8.68. The van der Waals surface area contributed by atoms with Gasteiger partial charge in [0.25, 0.3) is 5.91 Å². The van der Waals surface area contributed by atoms with Crippen LogP contribution < -0.4 is 10.9 Å². The van der Waals surface area contributed by atoms with E-state index >= 15 is 0 Å². The van der Waals surface area contributed by atoms with Crippen molar-refractivity contribution in [2.45, 2.75) is 52.4 Å². The van der Waals surface area contributed by atoms with Crippen molar-refractivity contribution in [1.29, 1.82) is 0 Å². The van der Waals surface area contributed by atoms with Gasteiger partial charge in [0, 0.05) is 24.4 Å². The van der Waals surface area contributed by atoms with Crippen LogP contribution in [0.3, 0.4) is 0 Å². The van der Waals surface area contributed by atoms with Gasteiger partial charge < -0.3 is 0 Å². The molecule has 6 heteroatoms. The van der Waals surface area contributed by atoms with E-state index in [9.17, 15) is 9.59 Å². The van der Waals surface area contributed by atoms with Crippen LogP contribution in [0.25, 0.3) is 6.08 Å². The molecule has 5 rings (SSSR count). The Morgan fingerprint density at radius 2 is 1.65 bits per heavy atom. The van der Waals surface area contributed by atoms with Gasteiger partial charge in [-0.25, -0.2) is 0 Å². The minimum absolute atomic E-state index is 0.00656. The number of aromatic nitrogens is 2. The summed E-state index contributed by atoms with van der Waals surface area (Å²) in [5.74, 6) is 1.82. The monoisotopic (exact) mass is 356 g/mol. The van der Waals surface area contributed by atoms with E-state index in [2.05, 4.69) is 16.0 Å². The summed E-state index contributed by atoms with van der Waals surface area (Å²) >= 11 is 0. The Hall–Kier alpha value is -2.11. The lowest BCUT2D eigenvalue weighted by Gasteiger charge is -2.55. The summed E-state index contributed by atoms with van der Waals surface area (Å²) in [7, 11) is 1.88. The molecule has 0 saturated heterocycles. The van der Waals surface area contributed by atoms with Crippen LogP contribution in [0.2, 0.25) is 0 Å². The van der Waals surface area contributed by atoms with Crippen LogP contribution in [0, 0.1) is 37.0 Å². The van der Waals surface area contributed by atoms with Gasteiger partial charge in [0.2, 0.25) is 5.91 Å². The number of aryl methyl sites for hydroxylation is 2. The van der Waals surface area contributed by atoms with Crippen molar-refractivity contribution in [1.82, 2.24) is 20.6 Å². The Morgan fingerprint density at radius 1 is 1.08 bits per heavy atom. The predicted octanol–water partition coefficient (Wildman–Crippen LogP) is 2.41. The van der Waals surface area contributed by atoms with Crippen LogP contribution in [0.4, 0.5) is 0 Å². The molecule has 4 aliphatic carbocycles. The minimum Gasteiger partial charge on any atom is -0.273 e. The summed E-state index contributed by atoms with van der Waals surface area (Å²) in [5, 5.41) is 4.33. The summed E-state index contributed by atoms with van der Waals surface area (Å²) < 4.78 is 1.79. The number of carbonyl (C=O) groups is 2. The van der Waals surface area contributed by atoms with Crippen molar-refractivity contribution >= 4 is 17.9 Å². The Balaban J connectivity index is 1.36. The Labute approximate surface area is 154 Å². The number of nitrogens with zero attached hydrogens (tertiary/aromatic N) is 2. The lowest BCUT2D eigenvalue weighted by atomic mass is 9.49. The third-order valence-corrected chi connectivity index (χ3v) is 6.79. The number of nitrogens with one attached hydrogen (secondary N) is 2. The van der Waals surface area contributed by atoms with Gasteiger partial charge in [0.15, 0.2) is 0 Å².